The Kier molecular flexibility index (Phi) is 8.14. The number of methoxy groups -OCH3 is 2. The highest BCUT2D eigenvalue weighted by atomic mass is 16.5. The van der Waals surface area contributed by atoms with Crippen LogP contribution in [0.5, 0.6) is 17.2 Å². The van der Waals surface area contributed by atoms with Crippen molar-refractivity contribution in [2.45, 2.75) is 6.54 Å². The summed E-state index contributed by atoms with van der Waals surface area (Å²) >= 11 is 0. The molecule has 0 atom stereocenters. The van der Waals surface area contributed by atoms with Gasteiger partial charge in [-0.25, -0.2) is 0 Å². The van der Waals surface area contributed by atoms with Gasteiger partial charge < -0.3 is 24.4 Å². The molecule has 0 radical (unpaired) electrons. The van der Waals surface area contributed by atoms with E-state index in [9.17, 15) is 0 Å². The average Bonchev–Trinajstić information content (AvgIpc) is 2.80. The Morgan fingerprint density at radius 2 is 1.93 bits per heavy atom. The predicted octanol–water partition coefficient (Wildman–Crippen LogP) is 1.87. The van der Waals surface area contributed by atoms with Gasteiger partial charge in [0.25, 0.3) is 0 Å². The zero-order valence-corrected chi connectivity index (χ0v) is 18.0. The first-order chi connectivity index (χ1) is 14.7. The van der Waals surface area contributed by atoms with Gasteiger partial charge in [-0.1, -0.05) is 0 Å². The van der Waals surface area contributed by atoms with E-state index in [2.05, 4.69) is 25.1 Å². The topological polar surface area (TPSA) is 71.5 Å². The number of ether oxygens (including phenoxy) is 3. The molecule has 0 bridgehead atoms. The van der Waals surface area contributed by atoms with E-state index in [-0.39, 0.29) is 0 Å². The number of piperazine rings is 1. The Hall–Kier alpha value is -3.00. The molecule has 8 heteroatoms. The minimum absolute atomic E-state index is 0.556. The molecule has 0 saturated carbocycles. The number of rotatable bonds is 8. The molecule has 1 aliphatic heterocycles. The molecule has 3 rings (SSSR count). The molecule has 30 heavy (non-hydrogen) atoms. The van der Waals surface area contributed by atoms with Gasteiger partial charge in [-0.3, -0.25) is 14.9 Å². The zero-order valence-electron chi connectivity index (χ0n) is 18.0. The minimum atomic E-state index is 0.556. The molecule has 0 unspecified atom stereocenters. The molecule has 0 spiro atoms. The van der Waals surface area contributed by atoms with Gasteiger partial charge in [-0.05, 0) is 30.3 Å². The molecule has 0 amide bonds. The average molecular weight is 414 g/mol. The van der Waals surface area contributed by atoms with Gasteiger partial charge in [0, 0.05) is 51.5 Å². The number of guanidine groups is 1. The third-order valence-electron chi connectivity index (χ3n) is 5.05. The van der Waals surface area contributed by atoms with Crippen LogP contribution in [0.3, 0.4) is 0 Å². The normalized spacial score (nSPS) is 15.0. The van der Waals surface area contributed by atoms with Gasteiger partial charge in [0.05, 0.1) is 27.0 Å². The Morgan fingerprint density at radius 1 is 1.10 bits per heavy atom. The molecule has 1 aromatic heterocycles. The smallest absolute Gasteiger partial charge is 0.193 e. The largest absolute Gasteiger partial charge is 0.497 e. The van der Waals surface area contributed by atoms with Crippen LogP contribution in [0, 0.1) is 0 Å². The van der Waals surface area contributed by atoms with Gasteiger partial charge in [0.1, 0.15) is 23.9 Å². The monoisotopic (exact) mass is 413 g/mol. The molecular formula is C22H31N5O3. The van der Waals surface area contributed by atoms with Gasteiger partial charge in [-0.15, -0.1) is 0 Å². The standard InChI is InChI=1S/C22H31N5O3/c1-23-22(25-9-14-30-20-5-4-8-24-16-20)27-12-10-26(11-13-27)17-18-15-19(28-2)6-7-21(18)29-3/h4-8,15-16H,9-14,17H2,1-3H3,(H,23,25). The summed E-state index contributed by atoms with van der Waals surface area (Å²) in [5.74, 6) is 3.42. The molecule has 2 aromatic rings. The highest BCUT2D eigenvalue weighted by Gasteiger charge is 2.20. The number of nitrogens with one attached hydrogen (secondary N) is 1. The van der Waals surface area contributed by atoms with Crippen LogP contribution in [0.4, 0.5) is 0 Å². The third-order valence-corrected chi connectivity index (χ3v) is 5.05. The second-order valence-electron chi connectivity index (χ2n) is 6.95. The minimum Gasteiger partial charge on any atom is -0.497 e. The fraction of sp³-hybridized carbons (Fsp3) is 0.455. The number of pyridine rings is 1. The van der Waals surface area contributed by atoms with Crippen LogP contribution in [-0.4, -0.2) is 81.3 Å². The highest BCUT2D eigenvalue weighted by Crippen LogP contribution is 2.25. The summed E-state index contributed by atoms with van der Waals surface area (Å²) < 4.78 is 16.6. The number of hydrogen-bond acceptors (Lipinski definition) is 6. The summed E-state index contributed by atoms with van der Waals surface area (Å²) in [7, 11) is 5.21. The van der Waals surface area contributed by atoms with E-state index in [0.717, 1.165) is 61.5 Å². The zero-order chi connectivity index (χ0) is 21.2. The molecule has 1 aromatic carbocycles. The third kappa shape index (κ3) is 6.00. The first kappa shape index (κ1) is 21.7. The summed E-state index contributed by atoms with van der Waals surface area (Å²) in [6, 6.07) is 9.70. The van der Waals surface area contributed by atoms with E-state index in [1.165, 1.54) is 0 Å². The van der Waals surface area contributed by atoms with Crippen molar-refractivity contribution >= 4 is 5.96 Å². The SMILES string of the molecule is CN=C(NCCOc1cccnc1)N1CCN(Cc2cc(OC)ccc2OC)CC1. The van der Waals surface area contributed by atoms with Gasteiger partial charge in [0.15, 0.2) is 5.96 Å². The molecule has 1 saturated heterocycles. The Bertz CT molecular complexity index is 808. The van der Waals surface area contributed by atoms with Crippen molar-refractivity contribution in [3.8, 4) is 17.2 Å². The first-order valence-electron chi connectivity index (χ1n) is 10.1. The maximum absolute atomic E-state index is 5.68. The Labute approximate surface area is 178 Å². The van der Waals surface area contributed by atoms with E-state index >= 15 is 0 Å². The van der Waals surface area contributed by atoms with E-state index in [1.54, 1.807) is 26.6 Å². The lowest BCUT2D eigenvalue weighted by Crippen LogP contribution is -2.52. The number of benzene rings is 1. The van der Waals surface area contributed by atoms with Crippen molar-refractivity contribution in [3.05, 3.63) is 48.3 Å². The number of aromatic nitrogens is 1. The van der Waals surface area contributed by atoms with E-state index in [1.807, 2.05) is 37.4 Å². The van der Waals surface area contributed by atoms with Gasteiger partial charge >= 0.3 is 0 Å². The van der Waals surface area contributed by atoms with Gasteiger partial charge in [0.2, 0.25) is 0 Å². The molecule has 8 nitrogen and oxygen atoms in total. The number of nitrogens with zero attached hydrogens (tertiary/aromatic N) is 4. The second kappa shape index (κ2) is 11.3. The lowest BCUT2D eigenvalue weighted by atomic mass is 10.1. The van der Waals surface area contributed by atoms with Crippen molar-refractivity contribution in [2.75, 3.05) is 60.6 Å². The van der Waals surface area contributed by atoms with Crippen molar-refractivity contribution < 1.29 is 14.2 Å². The quantitative estimate of drug-likeness (QED) is 0.402. The molecular weight excluding hydrogens is 382 g/mol. The number of hydrogen-bond donors (Lipinski definition) is 1. The molecule has 1 N–H and O–H groups in total. The van der Waals surface area contributed by atoms with E-state index in [4.69, 9.17) is 14.2 Å². The van der Waals surface area contributed by atoms with Crippen LogP contribution in [0.1, 0.15) is 5.56 Å². The second-order valence-corrected chi connectivity index (χ2v) is 6.95. The van der Waals surface area contributed by atoms with Crippen molar-refractivity contribution in [1.82, 2.24) is 20.1 Å². The molecule has 1 fully saturated rings. The van der Waals surface area contributed by atoms with Crippen molar-refractivity contribution in [2.24, 2.45) is 4.99 Å². The summed E-state index contributed by atoms with van der Waals surface area (Å²) in [6.07, 6.45) is 3.45. The van der Waals surface area contributed by atoms with Gasteiger partial charge in [-0.2, -0.15) is 0 Å². The fourth-order valence-corrected chi connectivity index (χ4v) is 3.46. The highest BCUT2D eigenvalue weighted by molar-refractivity contribution is 5.80. The summed E-state index contributed by atoms with van der Waals surface area (Å²) in [5, 5.41) is 3.38. The fourth-order valence-electron chi connectivity index (χ4n) is 3.46. The summed E-state index contributed by atoms with van der Waals surface area (Å²) in [5.41, 5.74) is 1.14. The van der Waals surface area contributed by atoms with Crippen LogP contribution in [-0.2, 0) is 6.54 Å². The van der Waals surface area contributed by atoms with Crippen molar-refractivity contribution in [1.29, 1.82) is 0 Å². The van der Waals surface area contributed by atoms with E-state index < -0.39 is 0 Å². The molecule has 1 aliphatic rings. The van der Waals surface area contributed by atoms with Crippen molar-refractivity contribution in [3.63, 3.8) is 0 Å². The molecule has 2 heterocycles. The Morgan fingerprint density at radius 3 is 2.60 bits per heavy atom. The maximum atomic E-state index is 5.68. The van der Waals surface area contributed by atoms with Crippen LogP contribution in [0.2, 0.25) is 0 Å². The first-order valence-corrected chi connectivity index (χ1v) is 10.1. The Balaban J connectivity index is 1.45. The molecule has 162 valence electrons. The van der Waals surface area contributed by atoms with Crippen LogP contribution >= 0.6 is 0 Å². The van der Waals surface area contributed by atoms with E-state index in [0.29, 0.717) is 13.2 Å². The lowest BCUT2D eigenvalue weighted by Gasteiger charge is -2.36. The summed E-state index contributed by atoms with van der Waals surface area (Å²) in [6.45, 7) is 5.80. The van der Waals surface area contributed by atoms with Crippen LogP contribution in [0.15, 0.2) is 47.7 Å². The maximum Gasteiger partial charge on any atom is 0.193 e. The number of aliphatic imine (C=N–C) groups is 1. The summed E-state index contributed by atoms with van der Waals surface area (Å²) in [4.78, 5) is 13.2. The van der Waals surface area contributed by atoms with Crippen LogP contribution < -0.4 is 19.5 Å². The molecule has 0 aliphatic carbocycles. The lowest BCUT2D eigenvalue weighted by molar-refractivity contribution is 0.170. The van der Waals surface area contributed by atoms with Crippen LogP contribution in [0.25, 0.3) is 0 Å². The predicted molar refractivity (Wildman–Crippen MR) is 117 cm³/mol.